The molecule has 0 aliphatic rings. The van der Waals surface area contributed by atoms with E-state index in [1.165, 1.54) is 6.07 Å². The maximum absolute atomic E-state index is 13.4. The molecule has 0 heterocycles. The first-order valence-electron chi connectivity index (χ1n) is 5.92. The number of hydrogen-bond donors (Lipinski definition) is 1. The van der Waals surface area contributed by atoms with Crippen LogP contribution in [0.25, 0.3) is 0 Å². The lowest BCUT2D eigenvalue weighted by Gasteiger charge is -2.14. The normalized spacial score (nSPS) is 12.2. The fraction of sp³-hybridized carbons (Fsp3) is 0.200. The second kappa shape index (κ2) is 6.17. The summed E-state index contributed by atoms with van der Waals surface area (Å²) in [6, 6.07) is 12.1. The van der Waals surface area contributed by atoms with E-state index < -0.39 is 6.10 Å². The van der Waals surface area contributed by atoms with Crippen LogP contribution in [0, 0.1) is 5.82 Å². The summed E-state index contributed by atoms with van der Waals surface area (Å²) in [5.74, 6) is 0.290. The minimum absolute atomic E-state index is 0.238. The summed E-state index contributed by atoms with van der Waals surface area (Å²) in [6.07, 6.45) is -0.604. The highest BCUT2D eigenvalue weighted by atomic mass is 79.9. The predicted octanol–water partition coefficient (Wildman–Crippen LogP) is 4.22. The molecule has 2 aromatic rings. The summed E-state index contributed by atoms with van der Waals surface area (Å²) < 4.78 is 19.4. The van der Waals surface area contributed by atoms with Crippen molar-refractivity contribution in [2.75, 3.05) is 0 Å². The van der Waals surface area contributed by atoms with Crippen molar-refractivity contribution in [2.24, 2.45) is 0 Å². The van der Waals surface area contributed by atoms with Gasteiger partial charge in [0.15, 0.2) is 0 Å². The van der Waals surface area contributed by atoms with Gasteiger partial charge in [0.2, 0.25) is 0 Å². The van der Waals surface area contributed by atoms with Crippen LogP contribution in [0.15, 0.2) is 46.9 Å². The number of halogens is 2. The van der Waals surface area contributed by atoms with E-state index in [0.29, 0.717) is 10.2 Å². The fourth-order valence-electron chi connectivity index (χ4n) is 1.77. The molecule has 1 atom stereocenters. The summed E-state index contributed by atoms with van der Waals surface area (Å²) in [5, 5.41) is 9.65. The van der Waals surface area contributed by atoms with Gasteiger partial charge in [-0.05, 0) is 35.0 Å². The molecule has 0 saturated heterocycles. The van der Waals surface area contributed by atoms with Gasteiger partial charge < -0.3 is 9.84 Å². The van der Waals surface area contributed by atoms with E-state index in [0.717, 1.165) is 11.1 Å². The number of rotatable bonds is 4. The van der Waals surface area contributed by atoms with Crippen molar-refractivity contribution < 1.29 is 14.2 Å². The molecule has 19 heavy (non-hydrogen) atoms. The van der Waals surface area contributed by atoms with Crippen molar-refractivity contribution in [3.8, 4) is 5.75 Å². The average Bonchev–Trinajstić information content (AvgIpc) is 2.40. The maximum Gasteiger partial charge on any atom is 0.137 e. The van der Waals surface area contributed by atoms with E-state index in [-0.39, 0.29) is 12.4 Å². The van der Waals surface area contributed by atoms with Crippen molar-refractivity contribution in [3.63, 3.8) is 0 Å². The minimum Gasteiger partial charge on any atom is -0.488 e. The lowest BCUT2D eigenvalue weighted by molar-refractivity contribution is 0.190. The highest BCUT2D eigenvalue weighted by molar-refractivity contribution is 9.10. The van der Waals surface area contributed by atoms with Crippen LogP contribution in [0.4, 0.5) is 4.39 Å². The largest absolute Gasteiger partial charge is 0.488 e. The summed E-state index contributed by atoms with van der Waals surface area (Å²) in [5.41, 5.74) is 1.44. The molecular weight excluding hydrogens is 311 g/mol. The van der Waals surface area contributed by atoms with Gasteiger partial charge in [0.25, 0.3) is 0 Å². The van der Waals surface area contributed by atoms with Gasteiger partial charge in [-0.15, -0.1) is 0 Å². The van der Waals surface area contributed by atoms with Gasteiger partial charge in [0.1, 0.15) is 18.2 Å². The number of hydrogen-bond acceptors (Lipinski definition) is 2. The van der Waals surface area contributed by atoms with Crippen molar-refractivity contribution in [3.05, 3.63) is 63.9 Å². The second-order valence-electron chi connectivity index (χ2n) is 4.22. The van der Waals surface area contributed by atoms with Crippen LogP contribution in [-0.4, -0.2) is 5.11 Å². The number of aliphatic hydroxyl groups is 1. The van der Waals surface area contributed by atoms with E-state index in [1.807, 2.05) is 12.1 Å². The summed E-state index contributed by atoms with van der Waals surface area (Å²) in [6.45, 7) is 1.92. The van der Waals surface area contributed by atoms with Gasteiger partial charge in [-0.3, -0.25) is 0 Å². The van der Waals surface area contributed by atoms with Crippen molar-refractivity contribution in [1.29, 1.82) is 0 Å². The Morgan fingerprint density at radius 2 is 1.95 bits per heavy atom. The molecule has 100 valence electrons. The number of para-hydroxylation sites is 1. The van der Waals surface area contributed by atoms with Crippen LogP contribution in [0.5, 0.6) is 5.75 Å². The van der Waals surface area contributed by atoms with Crippen molar-refractivity contribution in [2.45, 2.75) is 19.6 Å². The van der Waals surface area contributed by atoms with E-state index in [2.05, 4.69) is 15.9 Å². The Kier molecular flexibility index (Phi) is 4.56. The number of ether oxygens (including phenoxy) is 1. The highest BCUT2D eigenvalue weighted by Crippen LogP contribution is 2.27. The topological polar surface area (TPSA) is 29.5 Å². The Hall–Kier alpha value is -1.39. The molecule has 0 aliphatic heterocycles. The maximum atomic E-state index is 13.4. The van der Waals surface area contributed by atoms with E-state index in [9.17, 15) is 9.50 Å². The van der Waals surface area contributed by atoms with Crippen LogP contribution in [0.3, 0.4) is 0 Å². The quantitative estimate of drug-likeness (QED) is 0.912. The SMILES string of the molecule is CC(O)c1ccccc1OCc1cccc(F)c1Br. The van der Waals surface area contributed by atoms with Crippen LogP contribution >= 0.6 is 15.9 Å². The van der Waals surface area contributed by atoms with E-state index in [1.54, 1.807) is 31.2 Å². The zero-order valence-corrected chi connectivity index (χ0v) is 12.0. The molecule has 0 fully saturated rings. The van der Waals surface area contributed by atoms with Gasteiger partial charge in [-0.1, -0.05) is 30.3 Å². The first-order chi connectivity index (χ1) is 9.09. The van der Waals surface area contributed by atoms with Crippen LogP contribution < -0.4 is 4.74 Å². The number of aliphatic hydroxyl groups excluding tert-OH is 1. The standard InChI is InChI=1S/C15H14BrFO2/c1-10(18)12-6-2-3-8-14(12)19-9-11-5-4-7-13(17)15(11)16/h2-8,10,18H,9H2,1H3. The first-order valence-corrected chi connectivity index (χ1v) is 6.71. The minimum atomic E-state index is -0.604. The molecule has 1 N–H and O–H groups in total. The molecule has 0 bridgehead atoms. The molecular formula is C15H14BrFO2. The van der Waals surface area contributed by atoms with Crippen molar-refractivity contribution >= 4 is 15.9 Å². The molecule has 0 radical (unpaired) electrons. The molecule has 2 rings (SSSR count). The molecule has 2 aromatic carbocycles. The molecule has 4 heteroatoms. The zero-order chi connectivity index (χ0) is 13.8. The molecule has 2 nitrogen and oxygen atoms in total. The Morgan fingerprint density at radius 1 is 1.21 bits per heavy atom. The summed E-state index contributed by atoms with van der Waals surface area (Å²) in [7, 11) is 0. The van der Waals surface area contributed by atoms with Gasteiger partial charge >= 0.3 is 0 Å². The van der Waals surface area contributed by atoms with Crippen LogP contribution in [0.1, 0.15) is 24.2 Å². The van der Waals surface area contributed by atoms with E-state index >= 15 is 0 Å². The van der Waals surface area contributed by atoms with Gasteiger partial charge in [-0.25, -0.2) is 4.39 Å². The monoisotopic (exact) mass is 324 g/mol. The Bertz CT molecular complexity index is 570. The molecule has 0 amide bonds. The smallest absolute Gasteiger partial charge is 0.137 e. The average molecular weight is 325 g/mol. The van der Waals surface area contributed by atoms with Crippen molar-refractivity contribution in [1.82, 2.24) is 0 Å². The van der Waals surface area contributed by atoms with Crippen LogP contribution in [0.2, 0.25) is 0 Å². The number of benzene rings is 2. The molecule has 0 spiro atoms. The highest BCUT2D eigenvalue weighted by Gasteiger charge is 2.10. The molecule has 0 aliphatic carbocycles. The third kappa shape index (κ3) is 3.33. The van der Waals surface area contributed by atoms with Gasteiger partial charge in [-0.2, -0.15) is 0 Å². The Labute approximate surface area is 120 Å². The lowest BCUT2D eigenvalue weighted by atomic mass is 10.1. The third-order valence-corrected chi connectivity index (χ3v) is 3.67. The second-order valence-corrected chi connectivity index (χ2v) is 5.01. The van der Waals surface area contributed by atoms with Gasteiger partial charge in [0, 0.05) is 11.1 Å². The third-order valence-electron chi connectivity index (χ3n) is 2.78. The Morgan fingerprint density at radius 3 is 2.68 bits per heavy atom. The van der Waals surface area contributed by atoms with Crippen LogP contribution in [-0.2, 0) is 6.61 Å². The van der Waals surface area contributed by atoms with Gasteiger partial charge in [0.05, 0.1) is 10.6 Å². The predicted molar refractivity (Wildman–Crippen MR) is 75.5 cm³/mol. The molecule has 0 aromatic heterocycles. The first kappa shape index (κ1) is 14.0. The molecule has 1 unspecified atom stereocenters. The fourth-order valence-corrected chi connectivity index (χ4v) is 2.15. The summed E-state index contributed by atoms with van der Waals surface area (Å²) >= 11 is 3.20. The summed E-state index contributed by atoms with van der Waals surface area (Å²) in [4.78, 5) is 0. The lowest BCUT2D eigenvalue weighted by Crippen LogP contribution is -2.02. The van der Waals surface area contributed by atoms with E-state index in [4.69, 9.17) is 4.74 Å². The Balaban J connectivity index is 2.17. The zero-order valence-electron chi connectivity index (χ0n) is 10.4. The molecule has 0 saturated carbocycles.